The van der Waals surface area contributed by atoms with Crippen molar-refractivity contribution in [2.75, 3.05) is 13.1 Å². The van der Waals surface area contributed by atoms with E-state index in [1.165, 1.54) is 0 Å². The van der Waals surface area contributed by atoms with Crippen LogP contribution in [0.3, 0.4) is 0 Å². The van der Waals surface area contributed by atoms with Crippen LogP contribution in [0, 0.1) is 11.8 Å². The van der Waals surface area contributed by atoms with Gasteiger partial charge in [0, 0.05) is 19.0 Å². The summed E-state index contributed by atoms with van der Waals surface area (Å²) in [5, 5.41) is 0. The molecule has 1 heterocycles. The van der Waals surface area contributed by atoms with E-state index in [1.54, 1.807) is 0 Å². The molecular weight excluding hydrogens is 164 g/mol. The highest BCUT2D eigenvalue weighted by Gasteiger charge is 2.33. The molecule has 1 aliphatic rings. The molecule has 0 spiro atoms. The van der Waals surface area contributed by atoms with Gasteiger partial charge in [-0.15, -0.1) is 0 Å². The Hall–Kier alpha value is -0.570. The molecule has 1 fully saturated rings. The summed E-state index contributed by atoms with van der Waals surface area (Å²) in [6.07, 6.45) is 0.691. The van der Waals surface area contributed by atoms with Crippen LogP contribution in [-0.4, -0.2) is 29.9 Å². The second-order valence-electron chi connectivity index (χ2n) is 4.32. The van der Waals surface area contributed by atoms with Gasteiger partial charge in [0.1, 0.15) is 0 Å². The van der Waals surface area contributed by atoms with Crippen LogP contribution in [0.2, 0.25) is 0 Å². The lowest BCUT2D eigenvalue weighted by Crippen LogP contribution is -2.33. The second kappa shape index (κ2) is 4.09. The van der Waals surface area contributed by atoms with Gasteiger partial charge in [-0.1, -0.05) is 6.92 Å². The van der Waals surface area contributed by atoms with E-state index in [-0.39, 0.29) is 0 Å². The van der Waals surface area contributed by atoms with E-state index in [4.69, 9.17) is 5.73 Å². The van der Waals surface area contributed by atoms with Crippen LogP contribution in [0.4, 0.5) is 0 Å². The fourth-order valence-electron chi connectivity index (χ4n) is 1.83. The van der Waals surface area contributed by atoms with E-state index in [1.807, 2.05) is 4.90 Å². The molecule has 1 rings (SSSR count). The van der Waals surface area contributed by atoms with Gasteiger partial charge >= 0.3 is 0 Å². The van der Waals surface area contributed by atoms with E-state index >= 15 is 0 Å². The van der Waals surface area contributed by atoms with Crippen LogP contribution in [-0.2, 0) is 4.79 Å². The first-order chi connectivity index (χ1) is 6.06. The fraction of sp³-hybridized carbons (Fsp3) is 0.900. The number of hydrogen-bond donors (Lipinski definition) is 1. The Kier molecular flexibility index (Phi) is 3.31. The van der Waals surface area contributed by atoms with Crippen LogP contribution in [0.1, 0.15) is 27.2 Å². The zero-order valence-corrected chi connectivity index (χ0v) is 8.79. The molecule has 0 saturated carbocycles. The predicted molar refractivity (Wildman–Crippen MR) is 53.2 cm³/mol. The molecule has 0 bridgehead atoms. The molecule has 1 aliphatic heterocycles. The molecule has 2 atom stereocenters. The third-order valence-corrected chi connectivity index (χ3v) is 2.99. The number of nitrogens with zero attached hydrogens (tertiary/aromatic N) is 1. The van der Waals surface area contributed by atoms with Crippen molar-refractivity contribution in [1.82, 2.24) is 4.90 Å². The Morgan fingerprint density at radius 3 is 2.54 bits per heavy atom. The van der Waals surface area contributed by atoms with Gasteiger partial charge in [-0.3, -0.25) is 4.79 Å². The fourth-order valence-corrected chi connectivity index (χ4v) is 1.83. The van der Waals surface area contributed by atoms with Crippen molar-refractivity contribution in [3.05, 3.63) is 0 Å². The lowest BCUT2D eigenvalue weighted by atomic mass is 9.93. The first-order valence-corrected chi connectivity index (χ1v) is 5.05. The number of nitrogens with two attached hydrogens (primary N) is 1. The molecule has 3 nitrogen and oxygen atoms in total. The summed E-state index contributed by atoms with van der Waals surface area (Å²) < 4.78 is 0. The van der Waals surface area contributed by atoms with Crippen molar-refractivity contribution in [3.8, 4) is 0 Å². The highest BCUT2D eigenvalue weighted by Crippen LogP contribution is 2.25. The minimum absolute atomic E-state index is 0.292. The predicted octanol–water partition coefficient (Wildman–Crippen LogP) is 0.838. The van der Waals surface area contributed by atoms with Crippen LogP contribution in [0.25, 0.3) is 0 Å². The van der Waals surface area contributed by atoms with Crippen molar-refractivity contribution >= 4 is 5.91 Å². The summed E-state index contributed by atoms with van der Waals surface area (Å²) in [6, 6.07) is 0.336. The summed E-state index contributed by atoms with van der Waals surface area (Å²) >= 11 is 0. The molecule has 3 heteroatoms. The standard InChI is InChI=1S/C10H20N2O/c1-7(2)12-6-9(4-10(12)13)8(3)5-11/h7-9H,4-6,11H2,1-3H3. The Morgan fingerprint density at radius 2 is 2.15 bits per heavy atom. The molecule has 0 radical (unpaired) electrons. The van der Waals surface area contributed by atoms with Gasteiger partial charge in [0.2, 0.25) is 5.91 Å². The van der Waals surface area contributed by atoms with Crippen molar-refractivity contribution < 1.29 is 4.79 Å². The number of likely N-dealkylation sites (tertiary alicyclic amines) is 1. The Balaban J connectivity index is 2.55. The van der Waals surface area contributed by atoms with E-state index in [0.717, 1.165) is 6.54 Å². The highest BCUT2D eigenvalue weighted by molar-refractivity contribution is 5.78. The molecule has 0 aromatic heterocycles. The van der Waals surface area contributed by atoms with E-state index < -0.39 is 0 Å². The van der Waals surface area contributed by atoms with E-state index in [9.17, 15) is 4.79 Å². The van der Waals surface area contributed by atoms with Gasteiger partial charge in [-0.2, -0.15) is 0 Å². The number of carbonyl (C=O) groups excluding carboxylic acids is 1. The van der Waals surface area contributed by atoms with Crippen LogP contribution < -0.4 is 5.73 Å². The summed E-state index contributed by atoms with van der Waals surface area (Å²) in [5.41, 5.74) is 5.59. The molecule has 0 aliphatic carbocycles. The van der Waals surface area contributed by atoms with Gasteiger partial charge in [-0.05, 0) is 32.2 Å². The maximum absolute atomic E-state index is 11.5. The van der Waals surface area contributed by atoms with Crippen molar-refractivity contribution in [1.29, 1.82) is 0 Å². The topological polar surface area (TPSA) is 46.3 Å². The zero-order valence-electron chi connectivity index (χ0n) is 8.79. The minimum atomic E-state index is 0.292. The summed E-state index contributed by atoms with van der Waals surface area (Å²) in [5.74, 6) is 1.23. The Labute approximate surface area is 80.3 Å². The molecule has 0 aromatic carbocycles. The van der Waals surface area contributed by atoms with E-state index in [2.05, 4.69) is 20.8 Å². The lowest BCUT2D eigenvalue weighted by Gasteiger charge is -2.22. The lowest BCUT2D eigenvalue weighted by molar-refractivity contribution is -0.129. The first-order valence-electron chi connectivity index (χ1n) is 5.05. The zero-order chi connectivity index (χ0) is 10.0. The number of rotatable bonds is 3. The SMILES string of the molecule is CC(CN)C1CC(=O)N(C(C)C)C1. The van der Waals surface area contributed by atoms with Crippen molar-refractivity contribution in [2.45, 2.75) is 33.2 Å². The van der Waals surface area contributed by atoms with Gasteiger partial charge in [0.15, 0.2) is 0 Å². The largest absolute Gasteiger partial charge is 0.340 e. The average molecular weight is 184 g/mol. The third-order valence-electron chi connectivity index (χ3n) is 2.99. The van der Waals surface area contributed by atoms with Crippen LogP contribution >= 0.6 is 0 Å². The quantitative estimate of drug-likeness (QED) is 0.706. The van der Waals surface area contributed by atoms with Crippen molar-refractivity contribution in [3.63, 3.8) is 0 Å². The number of carbonyl (C=O) groups is 1. The van der Waals surface area contributed by atoms with Gasteiger partial charge in [0.25, 0.3) is 0 Å². The second-order valence-corrected chi connectivity index (χ2v) is 4.32. The van der Waals surface area contributed by atoms with Gasteiger partial charge in [0.05, 0.1) is 0 Å². The van der Waals surface area contributed by atoms with Crippen LogP contribution in [0.5, 0.6) is 0 Å². The number of hydrogen-bond acceptors (Lipinski definition) is 2. The Morgan fingerprint density at radius 1 is 1.54 bits per heavy atom. The normalized spacial score (nSPS) is 25.8. The first kappa shape index (κ1) is 10.5. The molecular formula is C10H20N2O. The Bertz CT molecular complexity index is 191. The average Bonchev–Trinajstić information content (AvgIpc) is 2.46. The summed E-state index contributed by atoms with van der Waals surface area (Å²) in [6.45, 7) is 7.83. The monoisotopic (exact) mass is 184 g/mol. The maximum atomic E-state index is 11.5. The minimum Gasteiger partial charge on any atom is -0.340 e. The molecule has 1 saturated heterocycles. The van der Waals surface area contributed by atoms with Gasteiger partial charge in [-0.25, -0.2) is 0 Å². The molecule has 2 N–H and O–H groups in total. The smallest absolute Gasteiger partial charge is 0.223 e. The highest BCUT2D eigenvalue weighted by atomic mass is 16.2. The molecule has 2 unspecified atom stereocenters. The van der Waals surface area contributed by atoms with Crippen molar-refractivity contribution in [2.24, 2.45) is 17.6 Å². The van der Waals surface area contributed by atoms with Gasteiger partial charge < -0.3 is 10.6 Å². The van der Waals surface area contributed by atoms with Crippen LogP contribution in [0.15, 0.2) is 0 Å². The molecule has 0 aromatic rings. The third kappa shape index (κ3) is 2.21. The molecule has 1 amide bonds. The summed E-state index contributed by atoms with van der Waals surface area (Å²) in [4.78, 5) is 13.5. The summed E-state index contributed by atoms with van der Waals surface area (Å²) in [7, 11) is 0. The van der Waals surface area contributed by atoms with E-state index in [0.29, 0.717) is 36.8 Å². The molecule has 13 heavy (non-hydrogen) atoms. The maximum Gasteiger partial charge on any atom is 0.223 e. The molecule has 76 valence electrons. The number of amides is 1.